The summed E-state index contributed by atoms with van der Waals surface area (Å²) in [5, 5.41) is 21.0. The first-order chi connectivity index (χ1) is 54.1. The Morgan fingerprint density at radius 1 is 0.474 bits per heavy atom. The van der Waals surface area contributed by atoms with Crippen LogP contribution in [0.1, 0.15) is 130 Å². The maximum Gasteiger partial charge on any atom is 1.00 e. The number of halogens is 8. The molecule has 3 unspecified atom stereocenters. The number of aromatic nitrogens is 3. The number of ether oxygens (including phenoxy) is 2. The Balaban J connectivity index is 0.000000193. The molecule has 3 saturated heterocycles. The summed E-state index contributed by atoms with van der Waals surface area (Å²) in [7, 11) is 4.83. The van der Waals surface area contributed by atoms with Crippen molar-refractivity contribution in [2.24, 2.45) is 0 Å². The summed E-state index contributed by atoms with van der Waals surface area (Å²) in [6.07, 6.45) is 5.56. The van der Waals surface area contributed by atoms with Gasteiger partial charge in [0.2, 0.25) is 33.3 Å². The molecule has 0 bridgehead atoms. The summed E-state index contributed by atoms with van der Waals surface area (Å²) in [6, 6.07) is 27.1. The molecule has 36 heteroatoms. The molecule has 0 aliphatic carbocycles. The minimum Gasteiger partial charge on any atom is -1.00 e. The van der Waals surface area contributed by atoms with Crippen molar-refractivity contribution in [3.05, 3.63) is 261 Å². The smallest absolute Gasteiger partial charge is 1.00 e. The molecular weight excluding hydrogens is 1560 g/mol. The first-order valence-corrected chi connectivity index (χ1v) is 36.3. The van der Waals surface area contributed by atoms with Gasteiger partial charge in [-0.1, -0.05) is 78.9 Å². The molecule has 0 radical (unpaired) electrons. The first-order valence-electron chi connectivity index (χ1n) is 35.9. The van der Waals surface area contributed by atoms with Crippen molar-refractivity contribution >= 4 is 64.1 Å². The monoisotopic (exact) mass is 1640 g/mol. The maximum atomic E-state index is 14.2. The topological polar surface area (TPSA) is 323 Å². The standard InChI is InChI=1S/C29H28F2N4O5.C27H26F2N4O4.C22H22F2N4O5.C2H3ClO.ClH.Li/c1-18(36)34-11-10-29(17-34)16-33(2)28(39)24-26(40-15-19-6-4-3-5-7-19)25(37)22(14-35(24)29)27(38)32-13-20-8-9-21(30)12-23(20)31;1-32-16-27(9-10-30-15-27)33-13-20(25(35)31-12-18-7-8-19(28)11-21(18)29)23(34)24(22(33)26(32)36)37-14-17-5-3-2-4-6-17;1-12(29)27-6-5-22(11-27)10-26(2)21(33)17-19(31)18(30)15(9-28(17)22)20(32)25-8-13-3-4-14(23)7-16(13)24;1-2(3)4;;/h3-9,12,14H,10-11,13,15-17H2,1-2H3,(H,32,38);2-8,11,13,30H,9-10,12,14-16H2,1H3,(H,31,35);3-4,7,9,31H,5-6,8,10-11H2,1-2H3,(H,25,32);1H3;1H;/q;;;;;+1/p-1. The third-order valence-corrected chi connectivity index (χ3v) is 20.6. The molecule has 9 heterocycles. The average Bonchev–Trinajstić information content (AvgIpc) is 1.36. The first kappa shape index (κ1) is 88.4. The van der Waals surface area contributed by atoms with Gasteiger partial charge in [-0.2, -0.15) is 0 Å². The molecule has 6 aliphatic rings. The maximum absolute atomic E-state index is 14.2. The van der Waals surface area contributed by atoms with Gasteiger partial charge in [0, 0.05) is 167 Å². The van der Waals surface area contributed by atoms with Crippen molar-refractivity contribution in [1.82, 2.24) is 59.5 Å². The number of nitrogens with zero attached hydrogens (tertiary/aromatic N) is 8. The fraction of sp³-hybridized carbons (Fsp3) is 0.325. The Morgan fingerprint density at radius 2 is 0.802 bits per heavy atom. The van der Waals surface area contributed by atoms with Crippen molar-refractivity contribution in [3.63, 3.8) is 0 Å². The minimum absolute atomic E-state index is 0. The minimum atomic E-state index is -1.04. The number of hydrogen-bond acceptors (Lipinski definition) is 16. The van der Waals surface area contributed by atoms with Crippen LogP contribution >= 0.6 is 11.6 Å². The number of hydrogen-bond donors (Lipinski definition) is 5. The number of benzene rings is 5. The molecule has 5 N–H and O–H groups in total. The fourth-order valence-corrected chi connectivity index (χ4v) is 14.8. The van der Waals surface area contributed by atoms with E-state index in [1.807, 2.05) is 48.5 Å². The third-order valence-electron chi connectivity index (χ3n) is 20.6. The number of aromatic hydroxyl groups is 1. The van der Waals surface area contributed by atoms with Gasteiger partial charge in [-0.05, 0) is 66.7 Å². The van der Waals surface area contributed by atoms with E-state index in [1.165, 1.54) is 79.0 Å². The normalized spacial score (nSPS) is 18.0. The van der Waals surface area contributed by atoms with Crippen LogP contribution in [0.3, 0.4) is 0 Å². The van der Waals surface area contributed by atoms with E-state index in [1.54, 1.807) is 50.1 Å². The second-order valence-electron chi connectivity index (χ2n) is 28.5. The Hall–Kier alpha value is -11.5. The molecule has 0 saturated carbocycles. The summed E-state index contributed by atoms with van der Waals surface area (Å²) in [5.74, 6) is -10.2. The van der Waals surface area contributed by atoms with Crippen LogP contribution in [-0.4, -0.2) is 176 Å². The summed E-state index contributed by atoms with van der Waals surface area (Å²) in [6.45, 7) is 6.79. The van der Waals surface area contributed by atoms with Crippen molar-refractivity contribution in [2.75, 3.05) is 80.0 Å². The Labute approximate surface area is 683 Å². The van der Waals surface area contributed by atoms with E-state index in [9.17, 15) is 89.0 Å². The van der Waals surface area contributed by atoms with Crippen LogP contribution in [0.2, 0.25) is 0 Å². The molecule has 3 fully saturated rings. The van der Waals surface area contributed by atoms with Crippen LogP contribution in [-0.2, 0) is 63.8 Å². The van der Waals surface area contributed by atoms with Crippen molar-refractivity contribution in [1.29, 1.82) is 0 Å². The number of likely N-dealkylation sites (N-methyl/N-ethyl adjacent to an activating group) is 3. The van der Waals surface area contributed by atoms with Gasteiger partial charge < -0.3 is 86.5 Å². The number of amides is 8. The van der Waals surface area contributed by atoms with Crippen molar-refractivity contribution in [2.45, 2.75) is 89.5 Å². The van der Waals surface area contributed by atoms with Crippen LogP contribution in [0.4, 0.5) is 26.3 Å². The predicted molar refractivity (Wildman–Crippen MR) is 400 cm³/mol. The SMILES string of the molecule is CC(=O)Cl.CC(=O)N1CCC2(CN(C)C(=O)c3c(O)c(=O)c(C(=O)NCc4ccc(F)cc4F)cn32)C1.CC(=O)N1CCC2(CN(C)C(=O)c3c(OCc4ccccc4)c(=O)c(C(=O)NCc4ccc(F)cc4F)cn32)C1.CN1CC2(CCNC2)n2cc(C(=O)NCc3ccc(F)cc3F)c(=O)c(OCc3ccccc3)c2C1=O.[Cl-].[Li+]. The van der Waals surface area contributed by atoms with Gasteiger partial charge in [0.1, 0.15) is 64.8 Å². The summed E-state index contributed by atoms with van der Waals surface area (Å²) < 4.78 is 98.4. The molecule has 606 valence electrons. The van der Waals surface area contributed by atoms with E-state index in [0.717, 1.165) is 35.4 Å². The number of rotatable bonds is 15. The Kier molecular flexibility index (Phi) is 28.2. The Bertz CT molecular complexity index is 5370. The number of likely N-dealkylation sites (tertiary alicyclic amines) is 2. The van der Waals surface area contributed by atoms with Crippen LogP contribution < -0.4 is 78.3 Å². The van der Waals surface area contributed by atoms with E-state index in [2.05, 4.69) is 32.9 Å². The molecule has 3 spiro atoms. The van der Waals surface area contributed by atoms with Gasteiger partial charge in [0.05, 0.1) is 16.6 Å². The summed E-state index contributed by atoms with van der Waals surface area (Å²) in [4.78, 5) is 160. The second-order valence-corrected chi connectivity index (χ2v) is 29.0. The van der Waals surface area contributed by atoms with Crippen LogP contribution in [0.25, 0.3) is 0 Å². The van der Waals surface area contributed by atoms with Gasteiger partial charge in [0.25, 0.3) is 35.4 Å². The zero-order chi connectivity index (χ0) is 82.4. The van der Waals surface area contributed by atoms with E-state index < -0.39 is 109 Å². The average molecular weight is 1640 g/mol. The molecule has 3 aromatic heterocycles. The number of fused-ring (bicyclic) bond motifs is 6. The van der Waals surface area contributed by atoms with Gasteiger partial charge in [0.15, 0.2) is 34.3 Å². The summed E-state index contributed by atoms with van der Waals surface area (Å²) >= 11 is 4.64. The molecule has 27 nitrogen and oxygen atoms in total. The zero-order valence-electron chi connectivity index (χ0n) is 64.0. The molecule has 14 rings (SSSR count). The van der Waals surface area contributed by atoms with E-state index in [4.69, 9.17) is 9.47 Å². The van der Waals surface area contributed by atoms with Crippen molar-refractivity contribution in [3.8, 4) is 17.2 Å². The van der Waals surface area contributed by atoms with Crippen molar-refractivity contribution < 1.29 is 115 Å². The fourth-order valence-electron chi connectivity index (χ4n) is 14.8. The van der Waals surface area contributed by atoms with Crippen LogP contribution in [0.5, 0.6) is 17.2 Å². The van der Waals surface area contributed by atoms with E-state index in [0.29, 0.717) is 64.1 Å². The number of carbonyl (C=O) groups excluding carboxylic acids is 9. The predicted octanol–water partition coefficient (Wildman–Crippen LogP) is 0.653. The molecule has 3 atom stereocenters. The van der Waals surface area contributed by atoms with Gasteiger partial charge in [-0.25, -0.2) is 26.3 Å². The molecule has 8 aromatic rings. The molecule has 116 heavy (non-hydrogen) atoms. The molecular formula is C80H79Cl2F6LiN12O15. The van der Waals surface area contributed by atoms with Crippen LogP contribution in [0, 0.1) is 34.9 Å². The summed E-state index contributed by atoms with van der Waals surface area (Å²) in [5.41, 5.74) is -4.20. The van der Waals surface area contributed by atoms with Gasteiger partial charge in [-0.3, -0.25) is 57.5 Å². The Morgan fingerprint density at radius 3 is 1.13 bits per heavy atom. The second kappa shape index (κ2) is 37.0. The number of nitrogens with one attached hydrogen (secondary N) is 4. The zero-order valence-corrected chi connectivity index (χ0v) is 65.5. The molecule has 8 amide bonds. The molecule has 6 aliphatic heterocycles. The van der Waals surface area contributed by atoms with Gasteiger partial charge in [-0.15, -0.1) is 0 Å². The van der Waals surface area contributed by atoms with E-state index >= 15 is 0 Å². The van der Waals surface area contributed by atoms with E-state index in [-0.39, 0.29) is 170 Å². The molecule has 5 aromatic carbocycles. The largest absolute Gasteiger partial charge is 1.00 e. The number of pyridine rings is 3. The number of carbonyl (C=O) groups is 9. The van der Waals surface area contributed by atoms with Gasteiger partial charge >= 0.3 is 18.9 Å². The van der Waals surface area contributed by atoms with Crippen LogP contribution in [0.15, 0.2) is 148 Å². The third kappa shape index (κ3) is 18.9. The quantitative estimate of drug-likeness (QED) is 0.0535.